The van der Waals surface area contributed by atoms with E-state index in [9.17, 15) is 0 Å². The summed E-state index contributed by atoms with van der Waals surface area (Å²) in [6.45, 7) is 1.92. The van der Waals surface area contributed by atoms with Crippen molar-refractivity contribution in [2.75, 3.05) is 7.05 Å². The lowest BCUT2D eigenvalue weighted by Crippen LogP contribution is -1.98. The molecule has 0 aliphatic heterocycles. The maximum atomic E-state index is 4.56. The summed E-state index contributed by atoms with van der Waals surface area (Å²) in [5, 5.41) is 8.30. The molecule has 3 aromatic heterocycles. The van der Waals surface area contributed by atoms with Gasteiger partial charge in [0.1, 0.15) is 11.4 Å². The highest BCUT2D eigenvalue weighted by Gasteiger charge is 2.09. The highest BCUT2D eigenvalue weighted by Crippen LogP contribution is 2.18. The summed E-state index contributed by atoms with van der Waals surface area (Å²) < 4.78 is 1.66. The molecule has 3 aromatic rings. The molecule has 0 atom stereocenters. The molecule has 0 aliphatic carbocycles. The molecule has 0 bridgehead atoms. The van der Waals surface area contributed by atoms with E-state index in [1.165, 1.54) is 0 Å². The van der Waals surface area contributed by atoms with Crippen molar-refractivity contribution in [1.29, 1.82) is 0 Å². The van der Waals surface area contributed by atoms with Crippen molar-refractivity contribution < 1.29 is 0 Å². The number of allylic oxidation sites excluding steroid dienone is 2. The number of hydrogen-bond donors (Lipinski definition) is 0. The van der Waals surface area contributed by atoms with E-state index in [0.29, 0.717) is 22.9 Å². The van der Waals surface area contributed by atoms with Gasteiger partial charge in [-0.2, -0.15) is 0 Å². The molecule has 0 N–H and O–H groups in total. The molecule has 23 heavy (non-hydrogen) atoms. The quantitative estimate of drug-likeness (QED) is 0.691. The largest absolute Gasteiger partial charge is 0.294 e. The van der Waals surface area contributed by atoms with Crippen molar-refractivity contribution in [3.8, 4) is 22.9 Å². The fraction of sp³-hybridized carbons (Fsp3) is 0.125. The Morgan fingerprint density at radius 2 is 1.87 bits per heavy atom. The molecule has 0 unspecified atom stereocenters. The van der Waals surface area contributed by atoms with Crippen LogP contribution < -0.4 is 0 Å². The predicted molar refractivity (Wildman–Crippen MR) is 88.6 cm³/mol. The van der Waals surface area contributed by atoms with Gasteiger partial charge in [-0.1, -0.05) is 17.4 Å². The summed E-state index contributed by atoms with van der Waals surface area (Å²) in [6, 6.07) is 7.42. The van der Waals surface area contributed by atoms with Crippen LogP contribution in [0.5, 0.6) is 0 Å². The van der Waals surface area contributed by atoms with Crippen LogP contribution in [0.3, 0.4) is 0 Å². The van der Waals surface area contributed by atoms with Crippen LogP contribution in [0, 0.1) is 0 Å². The molecule has 0 spiro atoms. The zero-order valence-electron chi connectivity index (χ0n) is 12.8. The van der Waals surface area contributed by atoms with E-state index in [1.807, 2.05) is 37.4 Å². The molecule has 0 saturated carbocycles. The average molecular weight is 305 g/mol. The van der Waals surface area contributed by atoms with E-state index < -0.39 is 0 Å². The maximum Gasteiger partial charge on any atom is 0.178 e. The first-order valence-electron chi connectivity index (χ1n) is 7.08. The minimum Gasteiger partial charge on any atom is -0.294 e. The SMILES string of the molecule is CC=C(C=NC)n1cc(-c2cccc(-c3ncccn3)n2)nn1. The van der Waals surface area contributed by atoms with Gasteiger partial charge in [-0.25, -0.2) is 19.6 Å². The summed E-state index contributed by atoms with van der Waals surface area (Å²) in [5.41, 5.74) is 2.92. The second kappa shape index (κ2) is 6.69. The van der Waals surface area contributed by atoms with Gasteiger partial charge in [0.2, 0.25) is 0 Å². The van der Waals surface area contributed by atoms with Crippen molar-refractivity contribution in [3.05, 3.63) is 48.9 Å². The Hall–Kier alpha value is -3.22. The van der Waals surface area contributed by atoms with Gasteiger partial charge in [0, 0.05) is 25.7 Å². The summed E-state index contributed by atoms with van der Waals surface area (Å²) in [4.78, 5) is 17.0. The average Bonchev–Trinajstić information content (AvgIpc) is 3.10. The van der Waals surface area contributed by atoms with Crippen molar-refractivity contribution in [2.24, 2.45) is 4.99 Å². The molecule has 0 saturated heterocycles. The summed E-state index contributed by atoms with van der Waals surface area (Å²) >= 11 is 0. The fourth-order valence-corrected chi connectivity index (χ4v) is 2.04. The molecule has 0 amide bonds. The first-order valence-corrected chi connectivity index (χ1v) is 7.08. The molecule has 3 heterocycles. The van der Waals surface area contributed by atoms with Gasteiger partial charge in [-0.05, 0) is 25.1 Å². The standard InChI is InChI=1S/C16H15N7/c1-3-12(10-17-2)23-11-15(21-22-23)13-6-4-7-14(20-13)16-18-8-5-9-19-16/h3-11H,1-2H3. The van der Waals surface area contributed by atoms with Crippen molar-refractivity contribution in [3.63, 3.8) is 0 Å². The van der Waals surface area contributed by atoms with E-state index in [1.54, 1.807) is 36.4 Å². The Morgan fingerprint density at radius 1 is 1.09 bits per heavy atom. The Bertz CT molecular complexity index is 850. The van der Waals surface area contributed by atoms with E-state index in [-0.39, 0.29) is 0 Å². The monoisotopic (exact) mass is 305 g/mol. The normalized spacial score (nSPS) is 12.0. The second-order valence-electron chi connectivity index (χ2n) is 4.63. The van der Waals surface area contributed by atoms with Gasteiger partial charge in [0.05, 0.1) is 17.6 Å². The van der Waals surface area contributed by atoms with E-state index in [0.717, 1.165) is 5.70 Å². The number of nitrogens with zero attached hydrogens (tertiary/aromatic N) is 7. The van der Waals surface area contributed by atoms with Crippen molar-refractivity contribution in [2.45, 2.75) is 6.92 Å². The summed E-state index contributed by atoms with van der Waals surface area (Å²) in [6.07, 6.45) is 8.83. The van der Waals surface area contributed by atoms with Crippen molar-refractivity contribution in [1.82, 2.24) is 29.9 Å². The number of hydrogen-bond acceptors (Lipinski definition) is 6. The zero-order valence-corrected chi connectivity index (χ0v) is 12.8. The molecule has 0 aromatic carbocycles. The first-order chi connectivity index (χ1) is 11.3. The molecule has 0 aliphatic rings. The lowest BCUT2D eigenvalue weighted by atomic mass is 10.2. The van der Waals surface area contributed by atoms with Crippen LogP contribution in [0.2, 0.25) is 0 Å². The molecule has 7 heteroatoms. The van der Waals surface area contributed by atoms with Gasteiger partial charge in [0.15, 0.2) is 5.82 Å². The first kappa shape index (κ1) is 14.7. The zero-order chi connectivity index (χ0) is 16.1. The maximum absolute atomic E-state index is 4.56. The predicted octanol–water partition coefficient (Wildman–Crippen LogP) is 2.36. The molecule has 0 fully saturated rings. The fourth-order valence-electron chi connectivity index (χ4n) is 2.04. The topological polar surface area (TPSA) is 81.7 Å². The lowest BCUT2D eigenvalue weighted by Gasteiger charge is -2.01. The van der Waals surface area contributed by atoms with Gasteiger partial charge in [0.25, 0.3) is 0 Å². The minimum atomic E-state index is 0.578. The second-order valence-corrected chi connectivity index (χ2v) is 4.63. The Kier molecular flexibility index (Phi) is 4.28. The molecular weight excluding hydrogens is 290 g/mol. The molecular formula is C16H15N7. The third-order valence-electron chi connectivity index (χ3n) is 3.12. The molecule has 3 rings (SSSR count). The van der Waals surface area contributed by atoms with Crippen LogP contribution in [-0.2, 0) is 0 Å². The van der Waals surface area contributed by atoms with E-state index in [2.05, 4.69) is 30.3 Å². The van der Waals surface area contributed by atoms with Crippen LogP contribution in [-0.4, -0.2) is 43.2 Å². The van der Waals surface area contributed by atoms with Gasteiger partial charge < -0.3 is 0 Å². The van der Waals surface area contributed by atoms with Crippen LogP contribution in [0.1, 0.15) is 6.92 Å². The highest BCUT2D eigenvalue weighted by atomic mass is 15.4. The number of aromatic nitrogens is 6. The van der Waals surface area contributed by atoms with Crippen molar-refractivity contribution >= 4 is 11.9 Å². The highest BCUT2D eigenvalue weighted by molar-refractivity contribution is 6.01. The Balaban J connectivity index is 1.96. The van der Waals surface area contributed by atoms with Crippen LogP contribution in [0.25, 0.3) is 28.6 Å². The number of pyridine rings is 1. The smallest absolute Gasteiger partial charge is 0.178 e. The minimum absolute atomic E-state index is 0.578. The van der Waals surface area contributed by atoms with Crippen LogP contribution in [0.15, 0.2) is 53.9 Å². The third kappa shape index (κ3) is 3.18. The molecule has 7 nitrogen and oxygen atoms in total. The summed E-state index contributed by atoms with van der Waals surface area (Å²) in [7, 11) is 1.71. The molecule has 0 radical (unpaired) electrons. The van der Waals surface area contributed by atoms with Gasteiger partial charge in [-0.3, -0.25) is 4.99 Å². The Labute approximate surface area is 133 Å². The van der Waals surface area contributed by atoms with Gasteiger partial charge >= 0.3 is 0 Å². The number of aliphatic imine (C=N–C) groups is 1. The Morgan fingerprint density at radius 3 is 2.61 bits per heavy atom. The van der Waals surface area contributed by atoms with E-state index >= 15 is 0 Å². The lowest BCUT2D eigenvalue weighted by molar-refractivity contribution is 0.830. The molecule has 114 valence electrons. The summed E-state index contributed by atoms with van der Waals surface area (Å²) in [5.74, 6) is 0.578. The van der Waals surface area contributed by atoms with Crippen LogP contribution >= 0.6 is 0 Å². The van der Waals surface area contributed by atoms with E-state index in [4.69, 9.17) is 0 Å². The third-order valence-corrected chi connectivity index (χ3v) is 3.12. The van der Waals surface area contributed by atoms with Gasteiger partial charge in [-0.15, -0.1) is 5.10 Å². The number of rotatable bonds is 4. The van der Waals surface area contributed by atoms with Crippen LogP contribution in [0.4, 0.5) is 0 Å².